The molecule has 4 rings (SSSR count). The molecule has 3 aromatic rings. The molecule has 150 valence electrons. The van der Waals surface area contributed by atoms with E-state index in [0.29, 0.717) is 28.1 Å². The van der Waals surface area contributed by atoms with Crippen molar-refractivity contribution in [1.82, 2.24) is 0 Å². The lowest BCUT2D eigenvalue weighted by molar-refractivity contribution is 0.0924. The Morgan fingerprint density at radius 2 is 1.30 bits per heavy atom. The van der Waals surface area contributed by atoms with Crippen molar-refractivity contribution in [2.45, 2.75) is 26.2 Å². The summed E-state index contributed by atoms with van der Waals surface area (Å²) in [5.74, 6) is -0.901. The summed E-state index contributed by atoms with van der Waals surface area (Å²) in [7, 11) is 0. The Labute approximate surface area is 175 Å². The summed E-state index contributed by atoms with van der Waals surface area (Å²) in [5.41, 5.74) is 3.59. The Balaban J connectivity index is 1.49. The van der Waals surface area contributed by atoms with Crippen molar-refractivity contribution in [3.63, 3.8) is 0 Å². The predicted molar refractivity (Wildman–Crippen MR) is 117 cm³/mol. The monoisotopic (exact) mass is 398 g/mol. The smallest absolute Gasteiger partial charge is 0.266 e. The molecule has 0 unspecified atom stereocenters. The van der Waals surface area contributed by atoms with Crippen LogP contribution in [0.2, 0.25) is 0 Å². The molecule has 1 N–H and O–H groups in total. The van der Waals surface area contributed by atoms with Gasteiger partial charge in [-0.3, -0.25) is 14.4 Å². The molecule has 0 saturated heterocycles. The van der Waals surface area contributed by atoms with E-state index < -0.39 is 0 Å². The van der Waals surface area contributed by atoms with E-state index in [9.17, 15) is 14.4 Å². The number of amides is 3. The fourth-order valence-corrected chi connectivity index (χ4v) is 3.44. The summed E-state index contributed by atoms with van der Waals surface area (Å²) in [5, 5.41) is 2.85. The van der Waals surface area contributed by atoms with Crippen molar-refractivity contribution in [3.8, 4) is 0 Å². The fraction of sp³-hybridized carbons (Fsp3) is 0.160. The number of benzene rings is 3. The first-order valence-electron chi connectivity index (χ1n) is 9.75. The quantitative estimate of drug-likeness (QED) is 0.629. The van der Waals surface area contributed by atoms with E-state index in [1.807, 2.05) is 24.3 Å². The lowest BCUT2D eigenvalue weighted by Crippen LogP contribution is -2.29. The van der Waals surface area contributed by atoms with E-state index in [-0.39, 0.29) is 23.1 Å². The van der Waals surface area contributed by atoms with Crippen molar-refractivity contribution < 1.29 is 14.4 Å². The zero-order valence-corrected chi connectivity index (χ0v) is 17.1. The van der Waals surface area contributed by atoms with Crippen LogP contribution in [-0.4, -0.2) is 17.7 Å². The van der Waals surface area contributed by atoms with Gasteiger partial charge >= 0.3 is 0 Å². The molecule has 1 heterocycles. The van der Waals surface area contributed by atoms with Crippen LogP contribution < -0.4 is 10.2 Å². The minimum absolute atomic E-state index is 0.0228. The molecule has 3 aromatic carbocycles. The lowest BCUT2D eigenvalue weighted by atomic mass is 9.87. The number of carbonyl (C=O) groups excluding carboxylic acids is 3. The number of nitrogens with one attached hydrogen (secondary N) is 1. The average molecular weight is 398 g/mol. The second-order valence-electron chi connectivity index (χ2n) is 8.32. The molecule has 0 aliphatic carbocycles. The van der Waals surface area contributed by atoms with Gasteiger partial charge in [0, 0.05) is 11.3 Å². The number of imide groups is 1. The Morgan fingerprint density at radius 1 is 0.767 bits per heavy atom. The zero-order valence-electron chi connectivity index (χ0n) is 17.1. The van der Waals surface area contributed by atoms with E-state index in [1.165, 1.54) is 0 Å². The molecular formula is C25H22N2O3. The SMILES string of the molecule is CC(C)(C)c1ccc(C(=O)Nc2ccc(N3C(=O)c4ccccc4C3=O)cc2)cc1. The molecule has 0 spiro atoms. The average Bonchev–Trinajstić information content (AvgIpc) is 2.99. The number of rotatable bonds is 3. The molecule has 0 saturated carbocycles. The summed E-state index contributed by atoms with van der Waals surface area (Å²) in [6.45, 7) is 6.37. The number of hydrogen-bond donors (Lipinski definition) is 1. The summed E-state index contributed by atoms with van der Waals surface area (Å²) in [4.78, 5) is 38.9. The normalized spacial score (nSPS) is 13.4. The standard InChI is InChI=1S/C25H22N2O3/c1-25(2,3)17-10-8-16(9-11-17)22(28)26-18-12-14-19(15-13-18)27-23(29)20-6-4-5-7-21(20)24(27)30/h4-15H,1-3H3,(H,26,28). The highest BCUT2D eigenvalue weighted by Gasteiger charge is 2.36. The maximum absolute atomic E-state index is 12.6. The second-order valence-corrected chi connectivity index (χ2v) is 8.32. The summed E-state index contributed by atoms with van der Waals surface area (Å²) in [6.07, 6.45) is 0. The van der Waals surface area contributed by atoms with Crippen LogP contribution in [0.5, 0.6) is 0 Å². The lowest BCUT2D eigenvalue weighted by Gasteiger charge is -2.19. The number of fused-ring (bicyclic) bond motifs is 1. The van der Waals surface area contributed by atoms with Crippen molar-refractivity contribution in [1.29, 1.82) is 0 Å². The first kappa shape index (κ1) is 19.6. The maximum atomic E-state index is 12.6. The summed E-state index contributed by atoms with van der Waals surface area (Å²) < 4.78 is 0. The van der Waals surface area contributed by atoms with Crippen LogP contribution >= 0.6 is 0 Å². The summed E-state index contributed by atoms with van der Waals surface area (Å²) in [6, 6.07) is 21.0. The molecule has 0 aromatic heterocycles. The summed E-state index contributed by atoms with van der Waals surface area (Å²) >= 11 is 0. The number of anilines is 2. The molecule has 5 nitrogen and oxygen atoms in total. The molecule has 30 heavy (non-hydrogen) atoms. The molecule has 0 atom stereocenters. The third kappa shape index (κ3) is 3.50. The Hall–Kier alpha value is -3.73. The van der Waals surface area contributed by atoms with Crippen LogP contribution in [0.1, 0.15) is 57.4 Å². The highest BCUT2D eigenvalue weighted by atomic mass is 16.2. The van der Waals surface area contributed by atoms with Gasteiger partial charge in [-0.25, -0.2) is 4.90 Å². The minimum atomic E-state index is -0.341. The Kier molecular flexibility index (Phi) is 4.74. The molecule has 0 bridgehead atoms. The van der Waals surface area contributed by atoms with Crippen molar-refractivity contribution in [2.75, 3.05) is 10.2 Å². The third-order valence-electron chi connectivity index (χ3n) is 5.19. The van der Waals surface area contributed by atoms with Gasteiger partial charge in [-0.2, -0.15) is 0 Å². The molecule has 3 amide bonds. The fourth-order valence-electron chi connectivity index (χ4n) is 3.44. The molecule has 0 radical (unpaired) electrons. The van der Waals surface area contributed by atoms with Crippen LogP contribution in [0, 0.1) is 0 Å². The van der Waals surface area contributed by atoms with Gasteiger partial charge in [-0.05, 0) is 59.5 Å². The number of carbonyl (C=O) groups is 3. The van der Waals surface area contributed by atoms with Gasteiger partial charge in [0.25, 0.3) is 17.7 Å². The van der Waals surface area contributed by atoms with E-state index >= 15 is 0 Å². The van der Waals surface area contributed by atoms with Gasteiger partial charge in [0.1, 0.15) is 0 Å². The highest BCUT2D eigenvalue weighted by molar-refractivity contribution is 6.34. The van der Waals surface area contributed by atoms with Crippen LogP contribution in [0.25, 0.3) is 0 Å². The van der Waals surface area contributed by atoms with Crippen LogP contribution in [-0.2, 0) is 5.41 Å². The van der Waals surface area contributed by atoms with E-state index in [1.54, 1.807) is 48.5 Å². The van der Waals surface area contributed by atoms with Crippen LogP contribution in [0.15, 0.2) is 72.8 Å². The van der Waals surface area contributed by atoms with Gasteiger partial charge in [-0.15, -0.1) is 0 Å². The molecule has 0 fully saturated rings. The van der Waals surface area contributed by atoms with Gasteiger partial charge < -0.3 is 5.32 Å². The maximum Gasteiger partial charge on any atom is 0.266 e. The van der Waals surface area contributed by atoms with Crippen molar-refractivity contribution in [2.24, 2.45) is 0 Å². The number of nitrogens with zero attached hydrogens (tertiary/aromatic N) is 1. The molecule has 1 aliphatic heterocycles. The van der Waals surface area contributed by atoms with Crippen molar-refractivity contribution in [3.05, 3.63) is 95.1 Å². The van der Waals surface area contributed by atoms with Gasteiger partial charge in [0.05, 0.1) is 16.8 Å². The van der Waals surface area contributed by atoms with Crippen LogP contribution in [0.3, 0.4) is 0 Å². The largest absolute Gasteiger partial charge is 0.322 e. The first-order valence-corrected chi connectivity index (χ1v) is 9.75. The van der Waals surface area contributed by atoms with Gasteiger partial charge in [0.2, 0.25) is 0 Å². The molecule has 5 heteroatoms. The second kappa shape index (κ2) is 7.26. The molecule has 1 aliphatic rings. The Bertz CT molecular complexity index is 1110. The third-order valence-corrected chi connectivity index (χ3v) is 5.19. The van der Waals surface area contributed by atoms with Crippen molar-refractivity contribution >= 4 is 29.1 Å². The molecular weight excluding hydrogens is 376 g/mol. The first-order chi connectivity index (χ1) is 14.3. The van der Waals surface area contributed by atoms with E-state index in [4.69, 9.17) is 0 Å². The topological polar surface area (TPSA) is 66.5 Å². The Morgan fingerprint density at radius 3 is 1.80 bits per heavy atom. The van der Waals surface area contributed by atoms with E-state index in [0.717, 1.165) is 10.5 Å². The van der Waals surface area contributed by atoms with Gasteiger partial charge in [-0.1, -0.05) is 45.0 Å². The number of hydrogen-bond acceptors (Lipinski definition) is 3. The highest BCUT2D eigenvalue weighted by Crippen LogP contribution is 2.29. The zero-order chi connectivity index (χ0) is 21.5. The van der Waals surface area contributed by atoms with Crippen LogP contribution in [0.4, 0.5) is 11.4 Å². The minimum Gasteiger partial charge on any atom is -0.322 e. The van der Waals surface area contributed by atoms with E-state index in [2.05, 4.69) is 26.1 Å². The van der Waals surface area contributed by atoms with Gasteiger partial charge in [0.15, 0.2) is 0 Å². The predicted octanol–water partition coefficient (Wildman–Crippen LogP) is 5.04.